The molecule has 0 spiro atoms. The Bertz CT molecular complexity index is 349. The minimum atomic E-state index is 0.769. The molecule has 14 heavy (non-hydrogen) atoms. The van der Waals surface area contributed by atoms with Crippen molar-refractivity contribution in [1.29, 1.82) is 0 Å². The summed E-state index contributed by atoms with van der Waals surface area (Å²) in [6.45, 7) is 0.903. The van der Waals surface area contributed by atoms with Crippen molar-refractivity contribution in [3.05, 3.63) is 24.3 Å². The summed E-state index contributed by atoms with van der Waals surface area (Å²) in [6.07, 6.45) is 0. The molecule has 1 aliphatic rings. The van der Waals surface area contributed by atoms with Crippen LogP contribution >= 0.6 is 11.8 Å². The Kier molecular flexibility index (Phi) is 2.93. The van der Waals surface area contributed by atoms with Crippen LogP contribution in [-0.4, -0.2) is 23.9 Å². The third kappa shape index (κ3) is 2.20. The predicted octanol–water partition coefficient (Wildman–Crippen LogP) is 1.83. The molecule has 3 nitrogen and oxygen atoms in total. The number of hydrogen-bond acceptors (Lipinski definition) is 4. The van der Waals surface area contributed by atoms with Crippen molar-refractivity contribution < 1.29 is 0 Å². The van der Waals surface area contributed by atoms with Gasteiger partial charge in [-0.2, -0.15) is 11.8 Å². The van der Waals surface area contributed by atoms with Gasteiger partial charge in [0.1, 0.15) is 5.84 Å². The van der Waals surface area contributed by atoms with Gasteiger partial charge in [0, 0.05) is 5.75 Å². The molecule has 0 amide bonds. The van der Waals surface area contributed by atoms with Gasteiger partial charge < -0.3 is 11.1 Å². The van der Waals surface area contributed by atoms with Crippen molar-refractivity contribution in [2.75, 3.05) is 29.1 Å². The minimum Gasteiger partial charge on any atom is -0.397 e. The molecule has 0 aromatic heterocycles. The van der Waals surface area contributed by atoms with Crippen LogP contribution in [-0.2, 0) is 0 Å². The maximum atomic E-state index is 5.81. The van der Waals surface area contributed by atoms with Gasteiger partial charge in [-0.1, -0.05) is 12.1 Å². The van der Waals surface area contributed by atoms with E-state index in [0.29, 0.717) is 0 Å². The lowest BCUT2D eigenvalue weighted by atomic mass is 10.2. The summed E-state index contributed by atoms with van der Waals surface area (Å²) in [6, 6.07) is 7.75. The molecule has 0 saturated heterocycles. The summed E-state index contributed by atoms with van der Waals surface area (Å²) in [7, 11) is 0. The molecule has 4 heteroatoms. The van der Waals surface area contributed by atoms with Gasteiger partial charge in [-0.05, 0) is 12.1 Å². The smallest absolute Gasteiger partial charge is 0.111 e. The number of aliphatic imine (C=N–C) groups is 1. The average molecular weight is 207 g/mol. The Labute approximate surface area is 87.8 Å². The lowest BCUT2D eigenvalue weighted by molar-refractivity contribution is 1.12. The number of nitrogen functional groups attached to an aromatic ring is 1. The van der Waals surface area contributed by atoms with E-state index in [4.69, 9.17) is 5.73 Å². The molecule has 2 rings (SSSR count). The fraction of sp³-hybridized carbons (Fsp3) is 0.300. The standard InChI is InChI=1S/C10H13N3S/c11-8-3-1-2-4-9(8)13-10-7-14-6-5-12-10/h1-4H,5-7,11H2,(H,12,13). The van der Waals surface area contributed by atoms with Crippen molar-refractivity contribution in [2.24, 2.45) is 4.99 Å². The van der Waals surface area contributed by atoms with E-state index in [1.165, 1.54) is 0 Å². The summed E-state index contributed by atoms with van der Waals surface area (Å²) >= 11 is 1.89. The minimum absolute atomic E-state index is 0.769. The summed E-state index contributed by atoms with van der Waals surface area (Å²) in [5.41, 5.74) is 7.54. The Morgan fingerprint density at radius 2 is 2.21 bits per heavy atom. The first kappa shape index (κ1) is 9.40. The monoisotopic (exact) mass is 207 g/mol. The van der Waals surface area contributed by atoms with Gasteiger partial charge in [-0.25, -0.2) is 0 Å². The van der Waals surface area contributed by atoms with Gasteiger partial charge >= 0.3 is 0 Å². The Hall–Kier alpha value is -1.16. The maximum Gasteiger partial charge on any atom is 0.111 e. The second kappa shape index (κ2) is 4.37. The molecule has 0 bridgehead atoms. The van der Waals surface area contributed by atoms with E-state index in [9.17, 15) is 0 Å². The highest BCUT2D eigenvalue weighted by Gasteiger charge is 2.06. The van der Waals surface area contributed by atoms with Crippen molar-refractivity contribution >= 4 is 29.0 Å². The molecule has 0 aliphatic carbocycles. The van der Waals surface area contributed by atoms with E-state index in [0.717, 1.165) is 35.3 Å². The molecule has 0 saturated carbocycles. The molecule has 1 aromatic rings. The third-order valence-corrected chi connectivity index (χ3v) is 2.97. The Morgan fingerprint density at radius 1 is 1.36 bits per heavy atom. The molecule has 0 radical (unpaired) electrons. The number of rotatable bonds is 1. The molecule has 0 atom stereocenters. The molecule has 0 fully saturated rings. The lowest BCUT2D eigenvalue weighted by Crippen LogP contribution is -2.20. The zero-order chi connectivity index (χ0) is 9.80. The van der Waals surface area contributed by atoms with Crippen LogP contribution in [0.5, 0.6) is 0 Å². The van der Waals surface area contributed by atoms with E-state index in [1.54, 1.807) is 0 Å². The number of anilines is 2. The highest BCUT2D eigenvalue weighted by atomic mass is 32.2. The molecular weight excluding hydrogens is 194 g/mol. The molecule has 1 heterocycles. The summed E-state index contributed by atoms with van der Waals surface area (Å²) in [5.74, 6) is 3.10. The zero-order valence-corrected chi connectivity index (χ0v) is 8.68. The lowest BCUT2D eigenvalue weighted by Gasteiger charge is -2.14. The van der Waals surface area contributed by atoms with Crippen LogP contribution in [0.4, 0.5) is 11.4 Å². The quantitative estimate of drug-likeness (QED) is 0.691. The largest absolute Gasteiger partial charge is 0.397 e. The van der Waals surface area contributed by atoms with Crippen molar-refractivity contribution in [3.63, 3.8) is 0 Å². The fourth-order valence-corrected chi connectivity index (χ4v) is 2.02. The zero-order valence-electron chi connectivity index (χ0n) is 7.86. The SMILES string of the molecule is Nc1ccccc1NC1=NCCSC1. The van der Waals surface area contributed by atoms with Crippen LogP contribution in [0.1, 0.15) is 0 Å². The first-order chi connectivity index (χ1) is 6.86. The van der Waals surface area contributed by atoms with Crippen molar-refractivity contribution in [1.82, 2.24) is 0 Å². The van der Waals surface area contributed by atoms with E-state index in [-0.39, 0.29) is 0 Å². The highest BCUT2D eigenvalue weighted by Crippen LogP contribution is 2.18. The molecular formula is C10H13N3S. The third-order valence-electron chi connectivity index (χ3n) is 2.02. The number of nitrogens with one attached hydrogen (secondary N) is 1. The molecule has 1 aromatic carbocycles. The topological polar surface area (TPSA) is 50.4 Å². The Balaban J connectivity index is 2.10. The number of benzene rings is 1. The summed E-state index contributed by atoms with van der Waals surface area (Å²) in [4.78, 5) is 4.39. The number of amidine groups is 1. The number of hydrogen-bond donors (Lipinski definition) is 2. The van der Waals surface area contributed by atoms with E-state index in [1.807, 2.05) is 36.0 Å². The van der Waals surface area contributed by atoms with Gasteiger partial charge in [0.2, 0.25) is 0 Å². The van der Waals surface area contributed by atoms with Gasteiger partial charge in [0.15, 0.2) is 0 Å². The van der Waals surface area contributed by atoms with Crippen LogP contribution in [0.2, 0.25) is 0 Å². The second-order valence-electron chi connectivity index (χ2n) is 3.09. The van der Waals surface area contributed by atoms with Gasteiger partial charge in [0.05, 0.1) is 23.7 Å². The fourth-order valence-electron chi connectivity index (χ4n) is 1.30. The summed E-state index contributed by atoms with van der Waals surface area (Å²) < 4.78 is 0. The first-order valence-corrected chi connectivity index (χ1v) is 5.74. The van der Waals surface area contributed by atoms with Crippen LogP contribution in [0.25, 0.3) is 0 Å². The van der Waals surface area contributed by atoms with Crippen LogP contribution in [0.15, 0.2) is 29.3 Å². The number of thioether (sulfide) groups is 1. The normalized spacial score (nSPS) is 16.1. The molecule has 3 N–H and O–H groups in total. The molecule has 1 aliphatic heterocycles. The number of para-hydroxylation sites is 2. The molecule has 74 valence electrons. The van der Waals surface area contributed by atoms with Gasteiger partial charge in [-0.3, -0.25) is 4.99 Å². The van der Waals surface area contributed by atoms with Crippen molar-refractivity contribution in [2.45, 2.75) is 0 Å². The van der Waals surface area contributed by atoms with E-state index in [2.05, 4.69) is 10.3 Å². The highest BCUT2D eigenvalue weighted by molar-refractivity contribution is 8.00. The van der Waals surface area contributed by atoms with E-state index >= 15 is 0 Å². The predicted molar refractivity (Wildman–Crippen MR) is 64.1 cm³/mol. The van der Waals surface area contributed by atoms with Crippen LogP contribution in [0, 0.1) is 0 Å². The molecule has 0 unspecified atom stereocenters. The second-order valence-corrected chi connectivity index (χ2v) is 4.20. The Morgan fingerprint density at radius 3 is 2.93 bits per heavy atom. The average Bonchev–Trinajstić information content (AvgIpc) is 2.23. The first-order valence-electron chi connectivity index (χ1n) is 4.59. The van der Waals surface area contributed by atoms with Crippen LogP contribution < -0.4 is 11.1 Å². The van der Waals surface area contributed by atoms with Crippen LogP contribution in [0.3, 0.4) is 0 Å². The number of nitrogens with two attached hydrogens (primary N) is 1. The number of nitrogens with zero attached hydrogens (tertiary/aromatic N) is 1. The van der Waals surface area contributed by atoms with Crippen molar-refractivity contribution in [3.8, 4) is 0 Å². The maximum absolute atomic E-state index is 5.81. The summed E-state index contributed by atoms with van der Waals surface area (Å²) in [5, 5.41) is 3.25. The van der Waals surface area contributed by atoms with Gasteiger partial charge in [-0.15, -0.1) is 0 Å². The van der Waals surface area contributed by atoms with Gasteiger partial charge in [0.25, 0.3) is 0 Å². The van der Waals surface area contributed by atoms with E-state index < -0.39 is 0 Å².